The molecule has 1 atom stereocenters. The largest absolute Gasteiger partial charge is 0.481 e. The molecule has 126 valence electrons. The molecule has 3 nitrogen and oxygen atoms in total. The van der Waals surface area contributed by atoms with Crippen LogP contribution in [0.25, 0.3) is 0 Å². The van der Waals surface area contributed by atoms with Crippen molar-refractivity contribution in [2.24, 2.45) is 0 Å². The Bertz CT molecular complexity index is 724. The topological polar surface area (TPSA) is 29.5 Å². The number of halogens is 1. The Kier molecular flexibility index (Phi) is 4.84. The molecule has 2 aromatic carbocycles. The van der Waals surface area contributed by atoms with Gasteiger partial charge in [0, 0.05) is 6.54 Å². The van der Waals surface area contributed by atoms with Crippen LogP contribution in [0.2, 0.25) is 0 Å². The Balaban J connectivity index is 1.70. The lowest BCUT2D eigenvalue weighted by molar-refractivity contribution is -0.134. The smallest absolute Gasteiger partial charge is 0.261 e. The van der Waals surface area contributed by atoms with Crippen molar-refractivity contribution in [3.05, 3.63) is 65.0 Å². The maximum absolute atomic E-state index is 13.6. The Morgan fingerprint density at radius 2 is 1.92 bits per heavy atom. The van der Waals surface area contributed by atoms with E-state index in [9.17, 15) is 9.18 Å². The lowest BCUT2D eigenvalue weighted by atomic mass is 9.99. The predicted molar refractivity (Wildman–Crippen MR) is 91.5 cm³/mol. The van der Waals surface area contributed by atoms with Gasteiger partial charge in [-0.05, 0) is 44.4 Å². The zero-order chi connectivity index (χ0) is 17.1. The van der Waals surface area contributed by atoms with Gasteiger partial charge in [-0.1, -0.05) is 41.5 Å². The summed E-state index contributed by atoms with van der Waals surface area (Å²) in [5.41, 5.74) is 3.57. The highest BCUT2D eigenvalue weighted by Crippen LogP contribution is 2.33. The molecule has 1 heterocycles. The number of hydrogen-bond acceptors (Lipinski definition) is 2. The number of rotatable bonds is 4. The molecule has 0 saturated carbocycles. The van der Waals surface area contributed by atoms with Crippen molar-refractivity contribution in [3.63, 3.8) is 0 Å². The number of para-hydroxylation sites is 1. The fourth-order valence-corrected chi connectivity index (χ4v) is 3.40. The van der Waals surface area contributed by atoms with Crippen molar-refractivity contribution in [1.29, 1.82) is 0 Å². The SMILES string of the molecule is Cc1cc(C)cc(C2CCCN2C(=O)COc2ccccc2F)c1. The third-order valence-corrected chi connectivity index (χ3v) is 4.39. The zero-order valence-corrected chi connectivity index (χ0v) is 14.1. The number of carbonyl (C=O) groups excluding carboxylic acids is 1. The molecule has 1 fully saturated rings. The van der Waals surface area contributed by atoms with Crippen LogP contribution >= 0.6 is 0 Å². The van der Waals surface area contributed by atoms with E-state index in [4.69, 9.17) is 4.74 Å². The number of hydrogen-bond donors (Lipinski definition) is 0. The average molecular weight is 327 g/mol. The second kappa shape index (κ2) is 7.04. The molecule has 0 radical (unpaired) electrons. The second-order valence-electron chi connectivity index (χ2n) is 6.39. The van der Waals surface area contributed by atoms with E-state index in [0.717, 1.165) is 19.4 Å². The highest BCUT2D eigenvalue weighted by Gasteiger charge is 2.30. The van der Waals surface area contributed by atoms with Crippen LogP contribution in [0.3, 0.4) is 0 Å². The van der Waals surface area contributed by atoms with Gasteiger partial charge in [-0.2, -0.15) is 0 Å². The lowest BCUT2D eigenvalue weighted by Gasteiger charge is -2.25. The number of aryl methyl sites for hydroxylation is 2. The minimum atomic E-state index is -0.447. The number of nitrogens with zero attached hydrogens (tertiary/aromatic N) is 1. The first-order chi connectivity index (χ1) is 11.5. The van der Waals surface area contributed by atoms with E-state index in [2.05, 4.69) is 32.0 Å². The Morgan fingerprint density at radius 3 is 2.62 bits per heavy atom. The number of carbonyl (C=O) groups is 1. The van der Waals surface area contributed by atoms with Crippen molar-refractivity contribution < 1.29 is 13.9 Å². The zero-order valence-electron chi connectivity index (χ0n) is 14.1. The monoisotopic (exact) mass is 327 g/mol. The molecular weight excluding hydrogens is 305 g/mol. The molecule has 0 aliphatic carbocycles. The highest BCUT2D eigenvalue weighted by molar-refractivity contribution is 5.78. The number of likely N-dealkylation sites (tertiary alicyclic amines) is 1. The summed E-state index contributed by atoms with van der Waals surface area (Å²) < 4.78 is 19.0. The van der Waals surface area contributed by atoms with E-state index in [1.165, 1.54) is 28.8 Å². The molecule has 1 unspecified atom stereocenters. The molecule has 0 spiro atoms. The molecule has 1 amide bonds. The average Bonchev–Trinajstić information content (AvgIpc) is 3.02. The summed E-state index contributed by atoms with van der Waals surface area (Å²) in [7, 11) is 0. The molecule has 4 heteroatoms. The van der Waals surface area contributed by atoms with Gasteiger partial charge in [0.05, 0.1) is 6.04 Å². The standard InChI is InChI=1S/C20H22FNO2/c1-14-10-15(2)12-16(11-14)18-7-5-9-22(18)20(23)13-24-19-8-4-3-6-17(19)21/h3-4,6,8,10-12,18H,5,7,9,13H2,1-2H3. The van der Waals surface area contributed by atoms with E-state index in [1.54, 1.807) is 12.1 Å². The molecule has 1 saturated heterocycles. The quantitative estimate of drug-likeness (QED) is 0.843. The normalized spacial score (nSPS) is 17.1. The Labute approximate surface area is 142 Å². The molecule has 1 aliphatic rings. The van der Waals surface area contributed by atoms with Crippen LogP contribution in [0.1, 0.15) is 35.6 Å². The summed E-state index contributed by atoms with van der Waals surface area (Å²) in [6.45, 7) is 4.72. The van der Waals surface area contributed by atoms with E-state index in [0.29, 0.717) is 0 Å². The van der Waals surface area contributed by atoms with Crippen LogP contribution in [0.15, 0.2) is 42.5 Å². The maximum atomic E-state index is 13.6. The van der Waals surface area contributed by atoms with E-state index < -0.39 is 5.82 Å². The van der Waals surface area contributed by atoms with Gasteiger partial charge >= 0.3 is 0 Å². The summed E-state index contributed by atoms with van der Waals surface area (Å²) in [4.78, 5) is 14.4. The van der Waals surface area contributed by atoms with Crippen molar-refractivity contribution in [2.75, 3.05) is 13.2 Å². The lowest BCUT2D eigenvalue weighted by Crippen LogP contribution is -2.34. The first-order valence-electron chi connectivity index (χ1n) is 8.29. The fourth-order valence-electron chi connectivity index (χ4n) is 3.40. The van der Waals surface area contributed by atoms with Crippen molar-refractivity contribution in [3.8, 4) is 5.75 Å². The van der Waals surface area contributed by atoms with Crippen LogP contribution < -0.4 is 4.74 Å². The Morgan fingerprint density at radius 1 is 1.21 bits per heavy atom. The van der Waals surface area contributed by atoms with Crippen molar-refractivity contribution in [1.82, 2.24) is 4.90 Å². The minimum Gasteiger partial charge on any atom is -0.481 e. The van der Waals surface area contributed by atoms with Gasteiger partial charge in [-0.15, -0.1) is 0 Å². The maximum Gasteiger partial charge on any atom is 0.261 e. The van der Waals surface area contributed by atoms with Crippen LogP contribution in [0, 0.1) is 19.7 Å². The second-order valence-corrected chi connectivity index (χ2v) is 6.39. The summed E-state index contributed by atoms with van der Waals surface area (Å²) in [5.74, 6) is -0.425. The summed E-state index contributed by atoms with van der Waals surface area (Å²) >= 11 is 0. The van der Waals surface area contributed by atoms with Crippen LogP contribution in [0.4, 0.5) is 4.39 Å². The molecule has 2 aromatic rings. The summed E-state index contributed by atoms with van der Waals surface area (Å²) in [6, 6.07) is 12.6. The van der Waals surface area contributed by atoms with Gasteiger partial charge in [0.25, 0.3) is 5.91 Å². The van der Waals surface area contributed by atoms with Crippen LogP contribution in [0.5, 0.6) is 5.75 Å². The van der Waals surface area contributed by atoms with Gasteiger partial charge in [-0.3, -0.25) is 4.79 Å². The first kappa shape index (κ1) is 16.5. The summed E-state index contributed by atoms with van der Waals surface area (Å²) in [5, 5.41) is 0. The predicted octanol–water partition coefficient (Wildman–Crippen LogP) is 4.19. The molecular formula is C20H22FNO2. The van der Waals surface area contributed by atoms with Gasteiger partial charge < -0.3 is 9.64 Å². The highest BCUT2D eigenvalue weighted by atomic mass is 19.1. The third-order valence-electron chi connectivity index (χ3n) is 4.39. The van der Waals surface area contributed by atoms with Crippen LogP contribution in [-0.4, -0.2) is 24.0 Å². The van der Waals surface area contributed by atoms with Gasteiger partial charge in [0.2, 0.25) is 0 Å². The first-order valence-corrected chi connectivity index (χ1v) is 8.29. The van der Waals surface area contributed by atoms with Gasteiger partial charge in [-0.25, -0.2) is 4.39 Å². The number of benzene rings is 2. The van der Waals surface area contributed by atoms with Crippen LogP contribution in [-0.2, 0) is 4.79 Å². The molecule has 24 heavy (non-hydrogen) atoms. The minimum absolute atomic E-state index is 0.0836. The molecule has 0 aromatic heterocycles. The van der Waals surface area contributed by atoms with E-state index in [1.807, 2.05) is 4.90 Å². The number of amides is 1. The number of ether oxygens (including phenoxy) is 1. The molecule has 0 N–H and O–H groups in total. The summed E-state index contributed by atoms with van der Waals surface area (Å²) in [6.07, 6.45) is 1.93. The van der Waals surface area contributed by atoms with E-state index in [-0.39, 0.29) is 24.3 Å². The Hall–Kier alpha value is -2.36. The molecule has 3 rings (SSSR count). The van der Waals surface area contributed by atoms with Gasteiger partial charge in [0.15, 0.2) is 18.2 Å². The molecule has 1 aliphatic heterocycles. The molecule has 0 bridgehead atoms. The van der Waals surface area contributed by atoms with Crippen molar-refractivity contribution in [2.45, 2.75) is 32.7 Å². The fraction of sp³-hybridized carbons (Fsp3) is 0.350. The van der Waals surface area contributed by atoms with Gasteiger partial charge in [0.1, 0.15) is 0 Å². The third kappa shape index (κ3) is 3.58. The van der Waals surface area contributed by atoms with Crippen molar-refractivity contribution >= 4 is 5.91 Å². The van der Waals surface area contributed by atoms with E-state index >= 15 is 0 Å².